The number of aliphatic hydroxyl groups is 1. The predicted molar refractivity (Wildman–Crippen MR) is 77.8 cm³/mol. The highest BCUT2D eigenvalue weighted by molar-refractivity contribution is 5.99. The summed E-state index contributed by atoms with van der Waals surface area (Å²) >= 11 is 0. The van der Waals surface area contributed by atoms with E-state index >= 15 is 0 Å². The van der Waals surface area contributed by atoms with E-state index in [1.807, 2.05) is 0 Å². The third-order valence-electron chi connectivity index (χ3n) is 4.77. The van der Waals surface area contributed by atoms with Crippen LogP contribution in [0.3, 0.4) is 0 Å². The second kappa shape index (κ2) is 5.49. The first-order valence-corrected chi connectivity index (χ1v) is 7.68. The fourth-order valence-electron chi connectivity index (χ4n) is 3.08. The number of nitrogens with one attached hydrogen (secondary N) is 2. The topological polar surface area (TPSA) is 61.4 Å². The van der Waals surface area contributed by atoms with Crippen molar-refractivity contribution in [1.82, 2.24) is 10.6 Å². The van der Waals surface area contributed by atoms with Gasteiger partial charge in [0.1, 0.15) is 0 Å². The van der Waals surface area contributed by atoms with E-state index in [0.29, 0.717) is 24.9 Å². The molecule has 1 amide bonds. The molecule has 1 fully saturated rings. The third-order valence-corrected chi connectivity index (χ3v) is 4.77. The van der Waals surface area contributed by atoms with E-state index in [2.05, 4.69) is 10.6 Å². The van der Waals surface area contributed by atoms with Gasteiger partial charge in [-0.25, -0.2) is 0 Å². The van der Waals surface area contributed by atoms with Gasteiger partial charge in [-0.3, -0.25) is 4.79 Å². The van der Waals surface area contributed by atoms with Crippen LogP contribution in [0.5, 0.6) is 0 Å². The van der Waals surface area contributed by atoms with E-state index in [1.54, 1.807) is 6.92 Å². The third kappa shape index (κ3) is 3.07. The Bertz CT molecular complexity index is 639. The number of rotatable bonds is 4. The fraction of sp³-hybridized carbons (Fsp3) is 0.562. The Labute approximate surface area is 132 Å². The average Bonchev–Trinajstić information content (AvgIpc) is 2.82. The van der Waals surface area contributed by atoms with Gasteiger partial charge in [-0.1, -0.05) is 0 Å². The summed E-state index contributed by atoms with van der Waals surface area (Å²) in [5.74, 6) is -0.475. The molecule has 3 N–H and O–H groups in total. The molecule has 0 aromatic heterocycles. The molecule has 0 spiro atoms. The number of hydrogen-bond acceptors (Lipinski definition) is 3. The molecule has 1 aliphatic carbocycles. The van der Waals surface area contributed by atoms with Crippen molar-refractivity contribution in [1.29, 1.82) is 0 Å². The standard InChI is InChI=1S/C16H19F3N2O2/c1-9(21-8-15(23)3-2-4-15)10-5-11-12(7-20-14(11)22)13(6-10)16(17,18)19/h5-6,9,21,23H,2-4,7-8H2,1H3,(H,20,22)/t9-/m0/s1. The number of alkyl halides is 3. The van der Waals surface area contributed by atoms with Crippen LogP contribution in [0.25, 0.3) is 0 Å². The molecule has 1 atom stereocenters. The van der Waals surface area contributed by atoms with E-state index in [-0.39, 0.29) is 23.7 Å². The minimum atomic E-state index is -4.50. The number of fused-ring (bicyclic) bond motifs is 1. The zero-order valence-corrected chi connectivity index (χ0v) is 12.8. The second-order valence-corrected chi connectivity index (χ2v) is 6.46. The van der Waals surface area contributed by atoms with Gasteiger partial charge in [0.25, 0.3) is 5.91 Å². The minimum absolute atomic E-state index is 0.0103. The number of carbonyl (C=O) groups excluding carboxylic acids is 1. The zero-order valence-electron chi connectivity index (χ0n) is 12.8. The lowest BCUT2D eigenvalue weighted by molar-refractivity contribution is -0.138. The molecular formula is C16H19F3N2O2. The normalized spacial score (nSPS) is 20.7. The van der Waals surface area contributed by atoms with Gasteiger partial charge in [0.05, 0.1) is 11.2 Å². The quantitative estimate of drug-likeness (QED) is 0.796. The molecule has 1 aromatic carbocycles. The van der Waals surface area contributed by atoms with Crippen LogP contribution in [0.1, 0.15) is 59.3 Å². The highest BCUT2D eigenvalue weighted by Gasteiger charge is 2.38. The van der Waals surface area contributed by atoms with Crippen molar-refractivity contribution in [2.24, 2.45) is 0 Å². The molecule has 23 heavy (non-hydrogen) atoms. The molecule has 1 saturated carbocycles. The Morgan fingerprint density at radius 3 is 2.65 bits per heavy atom. The predicted octanol–water partition coefficient (Wildman–Crippen LogP) is 2.51. The SMILES string of the molecule is C[C@H](NCC1(O)CCC1)c1cc2c(c(C(F)(F)F)c1)CNC2=O. The summed E-state index contributed by atoms with van der Waals surface area (Å²) in [6, 6.07) is 2.22. The lowest BCUT2D eigenvalue weighted by atomic mass is 9.80. The van der Waals surface area contributed by atoms with Crippen molar-refractivity contribution in [3.05, 3.63) is 34.4 Å². The number of halogens is 3. The zero-order chi connectivity index (χ0) is 16.8. The van der Waals surface area contributed by atoms with Crippen molar-refractivity contribution in [2.75, 3.05) is 6.54 Å². The molecule has 0 radical (unpaired) electrons. The molecule has 126 valence electrons. The Hall–Kier alpha value is -1.60. The summed E-state index contributed by atoms with van der Waals surface area (Å²) in [6.45, 7) is 1.97. The average molecular weight is 328 g/mol. The van der Waals surface area contributed by atoms with Crippen molar-refractivity contribution >= 4 is 5.91 Å². The van der Waals surface area contributed by atoms with E-state index in [9.17, 15) is 23.1 Å². The molecule has 0 bridgehead atoms. The van der Waals surface area contributed by atoms with Crippen LogP contribution in [0.15, 0.2) is 12.1 Å². The van der Waals surface area contributed by atoms with Crippen LogP contribution in [-0.2, 0) is 12.7 Å². The van der Waals surface area contributed by atoms with Gasteiger partial charge in [0.2, 0.25) is 0 Å². The molecule has 4 nitrogen and oxygen atoms in total. The van der Waals surface area contributed by atoms with E-state index < -0.39 is 23.2 Å². The number of amides is 1. The van der Waals surface area contributed by atoms with Crippen molar-refractivity contribution in [2.45, 2.75) is 50.6 Å². The Balaban J connectivity index is 1.87. The van der Waals surface area contributed by atoms with Crippen LogP contribution < -0.4 is 10.6 Å². The van der Waals surface area contributed by atoms with Gasteiger partial charge < -0.3 is 15.7 Å². The molecule has 1 aliphatic heterocycles. The smallest absolute Gasteiger partial charge is 0.389 e. The summed E-state index contributed by atoms with van der Waals surface area (Å²) in [4.78, 5) is 11.8. The monoisotopic (exact) mass is 328 g/mol. The Morgan fingerprint density at radius 1 is 1.39 bits per heavy atom. The van der Waals surface area contributed by atoms with E-state index in [4.69, 9.17) is 0 Å². The summed E-state index contributed by atoms with van der Waals surface area (Å²) in [7, 11) is 0. The maximum atomic E-state index is 13.3. The van der Waals surface area contributed by atoms with Crippen LogP contribution in [-0.4, -0.2) is 23.2 Å². The Kier molecular flexibility index (Phi) is 3.88. The molecule has 7 heteroatoms. The number of hydrogen-bond donors (Lipinski definition) is 3. The van der Waals surface area contributed by atoms with Gasteiger partial charge in [-0.2, -0.15) is 13.2 Å². The fourth-order valence-corrected chi connectivity index (χ4v) is 3.08. The van der Waals surface area contributed by atoms with Crippen LogP contribution in [0.2, 0.25) is 0 Å². The van der Waals surface area contributed by atoms with E-state index in [1.165, 1.54) is 6.07 Å². The molecule has 1 heterocycles. The Morgan fingerprint density at radius 2 is 2.09 bits per heavy atom. The first-order valence-electron chi connectivity index (χ1n) is 7.68. The maximum absolute atomic E-state index is 13.3. The van der Waals surface area contributed by atoms with Crippen molar-refractivity contribution in [3.63, 3.8) is 0 Å². The molecule has 3 rings (SSSR count). The lowest BCUT2D eigenvalue weighted by Crippen LogP contribution is -2.46. The van der Waals surface area contributed by atoms with Crippen LogP contribution in [0, 0.1) is 0 Å². The van der Waals surface area contributed by atoms with Crippen LogP contribution >= 0.6 is 0 Å². The molecule has 1 aromatic rings. The van der Waals surface area contributed by atoms with Gasteiger partial charge >= 0.3 is 6.18 Å². The summed E-state index contributed by atoms with van der Waals surface area (Å²) < 4.78 is 39.8. The molecule has 0 saturated heterocycles. The first-order chi connectivity index (χ1) is 10.7. The largest absolute Gasteiger partial charge is 0.416 e. The van der Waals surface area contributed by atoms with E-state index in [0.717, 1.165) is 12.5 Å². The summed E-state index contributed by atoms with van der Waals surface area (Å²) in [5, 5.41) is 15.6. The molecule has 0 unspecified atom stereocenters. The van der Waals surface area contributed by atoms with Gasteiger partial charge in [-0.15, -0.1) is 0 Å². The highest BCUT2D eigenvalue weighted by atomic mass is 19.4. The lowest BCUT2D eigenvalue weighted by Gasteiger charge is -2.37. The number of benzene rings is 1. The molecule has 2 aliphatic rings. The van der Waals surface area contributed by atoms with Gasteiger partial charge in [0, 0.05) is 24.7 Å². The summed E-state index contributed by atoms with van der Waals surface area (Å²) in [5.41, 5.74) is -1.02. The number of carbonyl (C=O) groups is 1. The maximum Gasteiger partial charge on any atom is 0.416 e. The second-order valence-electron chi connectivity index (χ2n) is 6.46. The van der Waals surface area contributed by atoms with Crippen molar-refractivity contribution < 1.29 is 23.1 Å². The molecular weight excluding hydrogens is 309 g/mol. The first kappa shape index (κ1) is 16.3. The van der Waals surface area contributed by atoms with Crippen LogP contribution in [0.4, 0.5) is 13.2 Å². The van der Waals surface area contributed by atoms with Gasteiger partial charge in [-0.05, 0) is 49.4 Å². The summed E-state index contributed by atoms with van der Waals surface area (Å²) in [6.07, 6.45) is -2.14. The minimum Gasteiger partial charge on any atom is -0.389 e. The highest BCUT2D eigenvalue weighted by Crippen LogP contribution is 2.37. The van der Waals surface area contributed by atoms with Crippen molar-refractivity contribution in [3.8, 4) is 0 Å². The van der Waals surface area contributed by atoms with Gasteiger partial charge in [0.15, 0.2) is 0 Å².